The molecule has 0 aromatic carbocycles. The number of aliphatic hydroxyl groups is 1. The van der Waals surface area contributed by atoms with Gasteiger partial charge in [0.2, 0.25) is 5.13 Å². The van der Waals surface area contributed by atoms with Gasteiger partial charge in [0.1, 0.15) is 5.51 Å². The van der Waals surface area contributed by atoms with Crippen molar-refractivity contribution < 1.29 is 5.11 Å². The minimum Gasteiger partial charge on any atom is -0.394 e. The first-order valence-electron chi connectivity index (χ1n) is 4.05. The monoisotopic (exact) mass is 185 g/mol. The summed E-state index contributed by atoms with van der Waals surface area (Å²) in [6.07, 6.45) is 2.21. The van der Waals surface area contributed by atoms with Crippen LogP contribution in [0.1, 0.15) is 12.8 Å². The van der Waals surface area contributed by atoms with Crippen LogP contribution in [0.15, 0.2) is 5.51 Å². The minimum atomic E-state index is 0.222. The minimum absolute atomic E-state index is 0.222. The molecule has 2 heterocycles. The Morgan fingerprint density at radius 2 is 2.67 bits per heavy atom. The highest BCUT2D eigenvalue weighted by molar-refractivity contribution is 7.13. The van der Waals surface area contributed by atoms with Crippen LogP contribution in [0.2, 0.25) is 0 Å². The lowest BCUT2D eigenvalue weighted by Crippen LogP contribution is -2.31. The smallest absolute Gasteiger partial charge is 0.208 e. The molecule has 1 aromatic heterocycles. The van der Waals surface area contributed by atoms with Crippen LogP contribution in [0, 0.1) is 0 Å². The van der Waals surface area contributed by atoms with Gasteiger partial charge in [0.05, 0.1) is 12.6 Å². The lowest BCUT2D eigenvalue weighted by atomic mass is 10.2. The summed E-state index contributed by atoms with van der Waals surface area (Å²) in [7, 11) is 0. The second-order valence-corrected chi connectivity index (χ2v) is 3.70. The number of aromatic nitrogens is 2. The Kier molecular flexibility index (Phi) is 2.23. The van der Waals surface area contributed by atoms with E-state index in [1.165, 1.54) is 11.3 Å². The van der Waals surface area contributed by atoms with Gasteiger partial charge >= 0.3 is 0 Å². The molecule has 0 bridgehead atoms. The summed E-state index contributed by atoms with van der Waals surface area (Å²) >= 11 is 1.53. The first-order valence-corrected chi connectivity index (χ1v) is 4.93. The zero-order valence-electron chi connectivity index (χ0n) is 6.68. The van der Waals surface area contributed by atoms with E-state index >= 15 is 0 Å². The number of rotatable bonds is 2. The Bertz CT molecular complexity index is 239. The molecular weight excluding hydrogens is 174 g/mol. The number of anilines is 1. The maximum Gasteiger partial charge on any atom is 0.208 e. The van der Waals surface area contributed by atoms with Gasteiger partial charge in [-0.2, -0.15) is 0 Å². The molecule has 1 atom stereocenters. The van der Waals surface area contributed by atoms with E-state index in [9.17, 15) is 0 Å². The van der Waals surface area contributed by atoms with Gasteiger partial charge in [-0.3, -0.25) is 0 Å². The third-order valence-corrected chi connectivity index (χ3v) is 2.91. The van der Waals surface area contributed by atoms with Crippen molar-refractivity contribution in [2.75, 3.05) is 18.1 Å². The second-order valence-electron chi connectivity index (χ2n) is 2.89. The standard InChI is InChI=1S/C7H11N3OS/c11-4-6-2-1-3-10(6)7-9-8-5-12-7/h5-6,11H,1-4H2. The number of aliphatic hydroxyl groups excluding tert-OH is 1. The molecule has 0 radical (unpaired) electrons. The summed E-state index contributed by atoms with van der Waals surface area (Å²) in [5.41, 5.74) is 1.72. The van der Waals surface area contributed by atoms with Crippen molar-refractivity contribution in [3.05, 3.63) is 5.51 Å². The summed E-state index contributed by atoms with van der Waals surface area (Å²) in [5.74, 6) is 0. The third-order valence-electron chi connectivity index (χ3n) is 2.18. The van der Waals surface area contributed by atoms with Crippen LogP contribution in [0.3, 0.4) is 0 Å². The lowest BCUT2D eigenvalue weighted by molar-refractivity contribution is 0.266. The van der Waals surface area contributed by atoms with Gasteiger partial charge in [-0.15, -0.1) is 10.2 Å². The van der Waals surface area contributed by atoms with Crippen LogP contribution in [-0.2, 0) is 0 Å². The Labute approximate surface area is 74.9 Å². The molecule has 1 saturated heterocycles. The predicted octanol–water partition coefficient (Wildman–Crippen LogP) is 0.499. The summed E-state index contributed by atoms with van der Waals surface area (Å²) in [4.78, 5) is 2.14. The molecular formula is C7H11N3OS. The van der Waals surface area contributed by atoms with Crippen LogP contribution in [-0.4, -0.2) is 34.5 Å². The summed E-state index contributed by atoms with van der Waals surface area (Å²) < 4.78 is 0. The van der Waals surface area contributed by atoms with Crippen molar-refractivity contribution in [1.29, 1.82) is 0 Å². The quantitative estimate of drug-likeness (QED) is 0.729. The van der Waals surface area contributed by atoms with Crippen molar-refractivity contribution in [3.63, 3.8) is 0 Å². The predicted molar refractivity (Wildman–Crippen MR) is 47.4 cm³/mol. The van der Waals surface area contributed by atoms with Crippen molar-refractivity contribution in [1.82, 2.24) is 10.2 Å². The fraction of sp³-hybridized carbons (Fsp3) is 0.714. The highest BCUT2D eigenvalue weighted by Gasteiger charge is 2.25. The zero-order valence-corrected chi connectivity index (χ0v) is 7.50. The molecule has 5 heteroatoms. The van der Waals surface area contributed by atoms with Crippen molar-refractivity contribution in [3.8, 4) is 0 Å². The average molecular weight is 185 g/mol. The first-order chi connectivity index (χ1) is 5.92. The topological polar surface area (TPSA) is 49.2 Å². The van der Waals surface area contributed by atoms with E-state index in [1.54, 1.807) is 5.51 Å². The summed E-state index contributed by atoms with van der Waals surface area (Å²) in [6.45, 7) is 1.22. The van der Waals surface area contributed by atoms with Crippen LogP contribution < -0.4 is 4.90 Å². The van der Waals surface area contributed by atoms with Crippen molar-refractivity contribution >= 4 is 16.5 Å². The molecule has 4 nitrogen and oxygen atoms in total. The maximum absolute atomic E-state index is 9.05. The van der Waals surface area contributed by atoms with Gasteiger partial charge in [0, 0.05) is 6.54 Å². The molecule has 1 unspecified atom stereocenters. The highest BCUT2D eigenvalue weighted by Crippen LogP contribution is 2.25. The first kappa shape index (κ1) is 7.94. The van der Waals surface area contributed by atoms with E-state index in [0.717, 1.165) is 24.5 Å². The molecule has 2 rings (SSSR count). The molecule has 0 amide bonds. The second kappa shape index (κ2) is 3.37. The molecule has 1 N–H and O–H groups in total. The summed E-state index contributed by atoms with van der Waals surface area (Å²) in [5, 5.41) is 17.7. The van der Waals surface area contributed by atoms with Crippen LogP contribution in [0.25, 0.3) is 0 Å². The molecule has 0 saturated carbocycles. The van der Waals surface area contributed by atoms with Gasteiger partial charge in [-0.25, -0.2) is 0 Å². The maximum atomic E-state index is 9.05. The SMILES string of the molecule is OCC1CCCN1c1nncs1. The van der Waals surface area contributed by atoms with Crippen LogP contribution >= 0.6 is 11.3 Å². The Morgan fingerprint density at radius 3 is 3.33 bits per heavy atom. The Balaban J connectivity index is 2.13. The molecule has 66 valence electrons. The Hall–Kier alpha value is -0.680. The lowest BCUT2D eigenvalue weighted by Gasteiger charge is -2.20. The number of nitrogens with zero attached hydrogens (tertiary/aromatic N) is 3. The molecule has 12 heavy (non-hydrogen) atoms. The number of hydrogen-bond donors (Lipinski definition) is 1. The summed E-state index contributed by atoms with van der Waals surface area (Å²) in [6, 6.07) is 0.262. The van der Waals surface area contributed by atoms with E-state index in [-0.39, 0.29) is 12.6 Å². The molecule has 1 fully saturated rings. The molecule has 1 aliphatic rings. The molecule has 1 aromatic rings. The van der Waals surface area contributed by atoms with E-state index < -0.39 is 0 Å². The fourth-order valence-electron chi connectivity index (χ4n) is 1.57. The average Bonchev–Trinajstić information content (AvgIpc) is 2.74. The third kappa shape index (κ3) is 1.30. The van der Waals surface area contributed by atoms with Gasteiger partial charge in [0.15, 0.2) is 0 Å². The fourth-order valence-corrected chi connectivity index (χ4v) is 2.23. The molecule has 0 spiro atoms. The van der Waals surface area contributed by atoms with E-state index in [2.05, 4.69) is 15.1 Å². The van der Waals surface area contributed by atoms with Gasteiger partial charge in [-0.1, -0.05) is 11.3 Å². The van der Waals surface area contributed by atoms with E-state index in [4.69, 9.17) is 5.11 Å². The van der Waals surface area contributed by atoms with Crippen molar-refractivity contribution in [2.45, 2.75) is 18.9 Å². The molecule has 0 aliphatic carbocycles. The normalized spacial score (nSPS) is 23.4. The van der Waals surface area contributed by atoms with Gasteiger partial charge in [0.25, 0.3) is 0 Å². The molecule has 1 aliphatic heterocycles. The van der Waals surface area contributed by atoms with Gasteiger partial charge in [-0.05, 0) is 12.8 Å². The van der Waals surface area contributed by atoms with Crippen LogP contribution in [0.4, 0.5) is 5.13 Å². The largest absolute Gasteiger partial charge is 0.394 e. The van der Waals surface area contributed by atoms with E-state index in [1.807, 2.05) is 0 Å². The van der Waals surface area contributed by atoms with Crippen LogP contribution in [0.5, 0.6) is 0 Å². The zero-order chi connectivity index (χ0) is 8.39. The van der Waals surface area contributed by atoms with E-state index in [0.29, 0.717) is 0 Å². The Morgan fingerprint density at radius 1 is 1.75 bits per heavy atom. The highest BCUT2D eigenvalue weighted by atomic mass is 32.1. The number of hydrogen-bond acceptors (Lipinski definition) is 5. The van der Waals surface area contributed by atoms with Crippen molar-refractivity contribution in [2.24, 2.45) is 0 Å². The van der Waals surface area contributed by atoms with Gasteiger partial charge < -0.3 is 10.0 Å².